The fraction of sp³-hybridized carbons (Fsp3) is 0.333. The van der Waals surface area contributed by atoms with Gasteiger partial charge in [-0.3, -0.25) is 4.90 Å². The lowest BCUT2D eigenvalue weighted by atomic mass is 9.94. The monoisotopic (exact) mass is 534 g/mol. The van der Waals surface area contributed by atoms with Gasteiger partial charge >= 0.3 is 0 Å². The average molecular weight is 535 g/mol. The van der Waals surface area contributed by atoms with Crippen LogP contribution in [0.15, 0.2) is 79.4 Å². The molecule has 1 fully saturated rings. The topological polar surface area (TPSA) is 72.6 Å². The van der Waals surface area contributed by atoms with Crippen molar-refractivity contribution >= 4 is 0 Å². The minimum Gasteiger partial charge on any atom is -0.490 e. The van der Waals surface area contributed by atoms with E-state index in [1.807, 2.05) is 12.1 Å². The number of hydrogen-bond acceptors (Lipinski definition) is 6. The Morgan fingerprint density at radius 1 is 0.974 bits per heavy atom. The van der Waals surface area contributed by atoms with Crippen LogP contribution in [0, 0.1) is 11.6 Å². The van der Waals surface area contributed by atoms with Crippen molar-refractivity contribution in [1.29, 1.82) is 0 Å². The molecule has 1 aliphatic heterocycles. The van der Waals surface area contributed by atoms with Gasteiger partial charge in [0.2, 0.25) is 0 Å². The van der Waals surface area contributed by atoms with Gasteiger partial charge in [0, 0.05) is 30.3 Å². The third-order valence-corrected chi connectivity index (χ3v) is 7.16. The van der Waals surface area contributed by atoms with Crippen molar-refractivity contribution in [3.8, 4) is 16.9 Å². The summed E-state index contributed by atoms with van der Waals surface area (Å²) < 4.78 is 41.0. The summed E-state index contributed by atoms with van der Waals surface area (Å²) in [5, 5.41) is 15.4. The third kappa shape index (κ3) is 6.33. The fourth-order valence-corrected chi connectivity index (χ4v) is 4.96. The van der Waals surface area contributed by atoms with Gasteiger partial charge in [-0.15, -0.1) is 0 Å². The molecule has 1 aliphatic rings. The first-order valence-electron chi connectivity index (χ1n) is 13.0. The Labute approximate surface area is 226 Å². The van der Waals surface area contributed by atoms with Gasteiger partial charge in [0.25, 0.3) is 0 Å². The first-order chi connectivity index (χ1) is 18.8. The standard InChI is InChI=1S/C30H32F2N4O3/c1-21-15-38-16-22(2)36(21)14-23-3-5-24(6-4-23)25-7-10-27(11-8-25)39-18-30(37,17-35-20-33-19-34-35)28-12-9-26(31)13-29(28)32/h3-13,19-22,37H,14-18H2,1-2H3/t21-,22+,30?. The predicted octanol–water partition coefficient (Wildman–Crippen LogP) is 4.80. The summed E-state index contributed by atoms with van der Waals surface area (Å²) >= 11 is 0. The van der Waals surface area contributed by atoms with Crippen LogP contribution in [0.3, 0.4) is 0 Å². The Kier molecular flexibility index (Phi) is 8.02. The largest absolute Gasteiger partial charge is 0.490 e. The van der Waals surface area contributed by atoms with Crippen LogP contribution in [-0.4, -0.2) is 56.7 Å². The SMILES string of the molecule is C[C@@H]1COC[C@H](C)N1Cc1ccc(-c2ccc(OCC(O)(Cn3cncn3)c3ccc(F)cc3F)cc2)cc1. The third-order valence-electron chi connectivity index (χ3n) is 7.16. The Hall–Kier alpha value is -3.66. The highest BCUT2D eigenvalue weighted by molar-refractivity contribution is 5.64. The average Bonchev–Trinajstić information content (AvgIpc) is 3.43. The molecule has 0 spiro atoms. The smallest absolute Gasteiger partial charge is 0.146 e. The van der Waals surface area contributed by atoms with Crippen molar-refractivity contribution in [3.05, 3.63) is 102 Å². The molecule has 5 rings (SSSR count). The Balaban J connectivity index is 1.26. The summed E-state index contributed by atoms with van der Waals surface area (Å²) in [5.74, 6) is -1.09. The van der Waals surface area contributed by atoms with Crippen LogP contribution in [0.5, 0.6) is 5.75 Å². The highest BCUT2D eigenvalue weighted by Gasteiger charge is 2.35. The molecular formula is C30H32F2N4O3. The molecule has 1 N–H and O–H groups in total. The summed E-state index contributed by atoms with van der Waals surface area (Å²) in [6, 6.07) is 19.8. The van der Waals surface area contributed by atoms with Crippen LogP contribution in [-0.2, 0) is 23.4 Å². The number of aromatic nitrogens is 3. The van der Waals surface area contributed by atoms with Crippen molar-refractivity contribution in [1.82, 2.24) is 19.7 Å². The molecule has 0 saturated carbocycles. The van der Waals surface area contributed by atoms with Gasteiger partial charge in [-0.05, 0) is 48.7 Å². The number of nitrogens with zero attached hydrogens (tertiary/aromatic N) is 4. The van der Waals surface area contributed by atoms with E-state index in [2.05, 4.69) is 53.1 Å². The summed E-state index contributed by atoms with van der Waals surface area (Å²) in [5.41, 5.74) is 1.44. The lowest BCUT2D eigenvalue weighted by Gasteiger charge is -2.38. The van der Waals surface area contributed by atoms with Crippen molar-refractivity contribution in [2.75, 3.05) is 19.8 Å². The second kappa shape index (κ2) is 11.6. The normalized spacial score (nSPS) is 19.5. The van der Waals surface area contributed by atoms with Gasteiger partial charge in [-0.25, -0.2) is 18.4 Å². The Morgan fingerprint density at radius 3 is 2.26 bits per heavy atom. The summed E-state index contributed by atoms with van der Waals surface area (Å²) in [6.07, 6.45) is 2.73. The maximum atomic E-state index is 14.6. The molecule has 2 heterocycles. The second-order valence-corrected chi connectivity index (χ2v) is 10.2. The molecule has 39 heavy (non-hydrogen) atoms. The molecular weight excluding hydrogens is 502 g/mol. The number of hydrogen-bond donors (Lipinski definition) is 1. The highest BCUT2D eigenvalue weighted by Crippen LogP contribution is 2.29. The minimum absolute atomic E-state index is 0.0861. The molecule has 0 bridgehead atoms. The molecule has 1 saturated heterocycles. The summed E-state index contributed by atoms with van der Waals surface area (Å²) in [7, 11) is 0. The molecule has 1 unspecified atom stereocenters. The van der Waals surface area contributed by atoms with E-state index in [-0.39, 0.29) is 18.7 Å². The van der Waals surface area contributed by atoms with E-state index in [9.17, 15) is 13.9 Å². The minimum atomic E-state index is -1.81. The summed E-state index contributed by atoms with van der Waals surface area (Å²) in [4.78, 5) is 6.34. The van der Waals surface area contributed by atoms with E-state index in [1.165, 1.54) is 29.0 Å². The quantitative estimate of drug-likeness (QED) is 0.333. The zero-order valence-corrected chi connectivity index (χ0v) is 22.0. The number of rotatable bonds is 9. The maximum Gasteiger partial charge on any atom is 0.146 e. The van der Waals surface area contributed by atoms with Crippen LogP contribution in [0.2, 0.25) is 0 Å². The van der Waals surface area contributed by atoms with Crippen LogP contribution in [0.1, 0.15) is 25.0 Å². The van der Waals surface area contributed by atoms with E-state index in [1.54, 1.807) is 12.1 Å². The van der Waals surface area contributed by atoms with Crippen LogP contribution < -0.4 is 4.74 Å². The van der Waals surface area contributed by atoms with Crippen molar-refractivity contribution in [2.45, 2.75) is 44.6 Å². The highest BCUT2D eigenvalue weighted by atomic mass is 19.1. The predicted molar refractivity (Wildman–Crippen MR) is 143 cm³/mol. The van der Waals surface area contributed by atoms with E-state index in [4.69, 9.17) is 9.47 Å². The van der Waals surface area contributed by atoms with E-state index >= 15 is 0 Å². The number of aliphatic hydroxyl groups is 1. The molecule has 3 atom stereocenters. The molecule has 0 radical (unpaired) electrons. The van der Waals surface area contributed by atoms with Gasteiger partial charge in [-0.2, -0.15) is 5.10 Å². The fourth-order valence-electron chi connectivity index (χ4n) is 4.96. The number of ether oxygens (including phenoxy) is 2. The maximum absolute atomic E-state index is 14.6. The number of halogens is 2. The van der Waals surface area contributed by atoms with Crippen molar-refractivity contribution in [2.24, 2.45) is 0 Å². The molecule has 1 aromatic heterocycles. The number of morpholine rings is 1. The molecule has 0 aliphatic carbocycles. The first kappa shape index (κ1) is 26.9. The first-order valence-corrected chi connectivity index (χ1v) is 13.0. The lowest BCUT2D eigenvalue weighted by Crippen LogP contribution is -2.48. The van der Waals surface area contributed by atoms with Crippen LogP contribution >= 0.6 is 0 Å². The number of benzene rings is 3. The van der Waals surface area contributed by atoms with Crippen molar-refractivity contribution < 1.29 is 23.4 Å². The van der Waals surface area contributed by atoms with Crippen LogP contribution in [0.4, 0.5) is 8.78 Å². The van der Waals surface area contributed by atoms with Crippen molar-refractivity contribution in [3.63, 3.8) is 0 Å². The van der Waals surface area contributed by atoms with Crippen LogP contribution in [0.25, 0.3) is 11.1 Å². The van der Waals surface area contributed by atoms with Gasteiger partial charge in [0.1, 0.15) is 42.2 Å². The molecule has 204 valence electrons. The lowest BCUT2D eigenvalue weighted by molar-refractivity contribution is -0.0409. The Morgan fingerprint density at radius 2 is 1.64 bits per heavy atom. The Bertz CT molecular complexity index is 1360. The van der Waals surface area contributed by atoms with Gasteiger partial charge < -0.3 is 14.6 Å². The molecule has 7 nitrogen and oxygen atoms in total. The molecule has 3 aromatic carbocycles. The van der Waals surface area contributed by atoms with E-state index < -0.39 is 17.2 Å². The van der Waals surface area contributed by atoms with Gasteiger partial charge in [0.05, 0.1) is 19.8 Å². The zero-order valence-electron chi connectivity index (χ0n) is 22.0. The van der Waals surface area contributed by atoms with E-state index in [0.29, 0.717) is 17.8 Å². The summed E-state index contributed by atoms with van der Waals surface area (Å²) in [6.45, 7) is 6.38. The van der Waals surface area contributed by atoms with Gasteiger partial charge in [-0.1, -0.05) is 42.5 Å². The molecule has 9 heteroatoms. The second-order valence-electron chi connectivity index (χ2n) is 10.2. The van der Waals surface area contributed by atoms with Gasteiger partial charge in [0.15, 0.2) is 0 Å². The zero-order chi connectivity index (χ0) is 27.4. The molecule has 4 aromatic rings. The van der Waals surface area contributed by atoms with E-state index in [0.717, 1.165) is 43.0 Å². The molecule has 0 amide bonds.